The van der Waals surface area contributed by atoms with Gasteiger partial charge in [-0.15, -0.1) is 0 Å². The molecular weight excluding hydrogens is 296 g/mol. The van der Waals surface area contributed by atoms with Gasteiger partial charge in [-0.2, -0.15) is 0 Å². The van der Waals surface area contributed by atoms with Crippen LogP contribution in [0.4, 0.5) is 11.4 Å². The number of nitrogens with one attached hydrogen (secondary N) is 1. The van der Waals surface area contributed by atoms with Crippen LogP contribution < -0.4 is 5.32 Å². The Bertz CT molecular complexity index is 451. The summed E-state index contributed by atoms with van der Waals surface area (Å²) in [5.41, 5.74) is 0.952. The van der Waals surface area contributed by atoms with Crippen molar-refractivity contribution in [1.29, 1.82) is 0 Å². The molecule has 0 bridgehead atoms. The second-order valence-electron chi connectivity index (χ2n) is 5.03. The summed E-state index contributed by atoms with van der Waals surface area (Å²) in [7, 11) is 0. The normalized spacial score (nSPS) is 23.7. The lowest BCUT2D eigenvalue weighted by molar-refractivity contribution is -0.384. The quantitative estimate of drug-likeness (QED) is 0.667. The van der Waals surface area contributed by atoms with Gasteiger partial charge in [0.25, 0.3) is 5.69 Å². The van der Waals surface area contributed by atoms with Crippen molar-refractivity contribution in [3.63, 3.8) is 0 Å². The zero-order valence-corrected chi connectivity index (χ0v) is 11.9. The largest absolute Gasteiger partial charge is 0.381 e. The van der Waals surface area contributed by atoms with Crippen molar-refractivity contribution in [2.75, 3.05) is 5.32 Å². The van der Waals surface area contributed by atoms with Gasteiger partial charge in [-0.3, -0.25) is 10.1 Å². The van der Waals surface area contributed by atoms with E-state index in [9.17, 15) is 10.1 Å². The number of benzene rings is 1. The molecular formula is C13H17BrN2O2. The van der Waals surface area contributed by atoms with Gasteiger partial charge in [0.2, 0.25) is 0 Å². The van der Waals surface area contributed by atoms with Crippen LogP contribution in [0.2, 0.25) is 0 Å². The van der Waals surface area contributed by atoms with E-state index in [4.69, 9.17) is 0 Å². The van der Waals surface area contributed by atoms with Gasteiger partial charge >= 0.3 is 0 Å². The number of rotatable bonds is 3. The Hall–Kier alpha value is -1.10. The van der Waals surface area contributed by atoms with E-state index in [1.54, 1.807) is 12.1 Å². The van der Waals surface area contributed by atoms with Crippen molar-refractivity contribution >= 4 is 27.3 Å². The number of nitro benzene ring substituents is 1. The number of nitrogens with zero attached hydrogens (tertiary/aromatic N) is 1. The summed E-state index contributed by atoms with van der Waals surface area (Å²) < 4.78 is 0.881. The molecule has 1 saturated carbocycles. The van der Waals surface area contributed by atoms with E-state index in [0.29, 0.717) is 6.04 Å². The van der Waals surface area contributed by atoms with Crippen molar-refractivity contribution in [3.8, 4) is 0 Å². The minimum Gasteiger partial charge on any atom is -0.381 e. The molecule has 0 aromatic heterocycles. The Morgan fingerprint density at radius 2 is 2.22 bits per heavy atom. The molecule has 18 heavy (non-hydrogen) atoms. The highest BCUT2D eigenvalue weighted by Crippen LogP contribution is 2.31. The fourth-order valence-corrected chi connectivity index (χ4v) is 2.88. The Labute approximate surface area is 115 Å². The van der Waals surface area contributed by atoms with Crippen molar-refractivity contribution in [1.82, 2.24) is 0 Å². The van der Waals surface area contributed by atoms with E-state index in [2.05, 4.69) is 28.2 Å². The van der Waals surface area contributed by atoms with Gasteiger partial charge in [-0.05, 0) is 40.8 Å². The summed E-state index contributed by atoms with van der Waals surface area (Å²) >= 11 is 3.44. The van der Waals surface area contributed by atoms with Crippen molar-refractivity contribution in [3.05, 3.63) is 32.8 Å². The second kappa shape index (κ2) is 5.69. The summed E-state index contributed by atoms with van der Waals surface area (Å²) in [6.07, 6.45) is 4.79. The summed E-state index contributed by atoms with van der Waals surface area (Å²) in [6, 6.07) is 5.27. The average molecular weight is 313 g/mol. The topological polar surface area (TPSA) is 55.2 Å². The van der Waals surface area contributed by atoms with Gasteiger partial charge in [0.05, 0.1) is 10.6 Å². The SMILES string of the molecule is CC1CCCC(Nc2cc([N+](=O)[O-])ccc2Br)C1. The molecule has 1 aromatic rings. The van der Waals surface area contributed by atoms with Gasteiger partial charge in [0.1, 0.15) is 0 Å². The lowest BCUT2D eigenvalue weighted by atomic mass is 9.87. The molecule has 0 aliphatic heterocycles. The van der Waals surface area contributed by atoms with Gasteiger partial charge in [-0.1, -0.05) is 19.8 Å². The summed E-state index contributed by atoms with van der Waals surface area (Å²) in [6.45, 7) is 2.26. The molecule has 1 aliphatic rings. The Balaban J connectivity index is 2.12. The summed E-state index contributed by atoms with van der Waals surface area (Å²) in [5, 5.41) is 14.2. The molecule has 1 aliphatic carbocycles. The van der Waals surface area contributed by atoms with Crippen LogP contribution in [0, 0.1) is 16.0 Å². The first kappa shape index (κ1) is 13.3. The zero-order valence-electron chi connectivity index (χ0n) is 10.4. The van der Waals surface area contributed by atoms with Gasteiger partial charge in [0, 0.05) is 22.6 Å². The molecule has 0 radical (unpaired) electrons. The molecule has 0 saturated heterocycles. The smallest absolute Gasteiger partial charge is 0.271 e. The van der Waals surface area contributed by atoms with Crippen molar-refractivity contribution in [2.45, 2.75) is 38.6 Å². The standard InChI is InChI=1S/C13H17BrN2O2/c1-9-3-2-4-10(7-9)15-13-8-11(16(17)18)5-6-12(13)14/h5-6,8-10,15H,2-4,7H2,1H3. The van der Waals surface area contributed by atoms with Crippen LogP contribution >= 0.6 is 15.9 Å². The maximum absolute atomic E-state index is 10.8. The molecule has 0 amide bonds. The number of nitro groups is 1. The van der Waals surface area contributed by atoms with E-state index >= 15 is 0 Å². The number of non-ortho nitro benzene ring substituents is 1. The van der Waals surface area contributed by atoms with E-state index in [1.165, 1.54) is 18.9 Å². The van der Waals surface area contributed by atoms with Gasteiger partial charge in [-0.25, -0.2) is 0 Å². The number of halogens is 1. The third-order valence-corrected chi connectivity index (χ3v) is 4.15. The first-order chi connectivity index (χ1) is 8.56. The molecule has 2 unspecified atom stereocenters. The molecule has 1 N–H and O–H groups in total. The lowest BCUT2D eigenvalue weighted by Gasteiger charge is -2.28. The van der Waals surface area contributed by atoms with Gasteiger partial charge < -0.3 is 5.32 Å². The monoisotopic (exact) mass is 312 g/mol. The number of anilines is 1. The lowest BCUT2D eigenvalue weighted by Crippen LogP contribution is -2.26. The third-order valence-electron chi connectivity index (χ3n) is 3.46. The minimum atomic E-state index is -0.360. The van der Waals surface area contributed by atoms with E-state index < -0.39 is 0 Å². The fraction of sp³-hybridized carbons (Fsp3) is 0.538. The Kier molecular flexibility index (Phi) is 4.22. The molecule has 1 aromatic carbocycles. The van der Waals surface area contributed by atoms with Crippen LogP contribution in [0.25, 0.3) is 0 Å². The molecule has 0 heterocycles. The van der Waals surface area contributed by atoms with E-state index in [-0.39, 0.29) is 10.6 Å². The summed E-state index contributed by atoms with van der Waals surface area (Å²) in [5.74, 6) is 0.730. The molecule has 2 rings (SSSR count). The minimum absolute atomic E-state index is 0.129. The molecule has 0 spiro atoms. The Morgan fingerprint density at radius 3 is 2.89 bits per heavy atom. The molecule has 98 valence electrons. The number of hydrogen-bond donors (Lipinski definition) is 1. The van der Waals surface area contributed by atoms with Crippen LogP contribution in [-0.4, -0.2) is 11.0 Å². The van der Waals surface area contributed by atoms with Crippen LogP contribution in [0.1, 0.15) is 32.6 Å². The highest BCUT2D eigenvalue weighted by Gasteiger charge is 2.20. The van der Waals surface area contributed by atoms with E-state index in [1.807, 2.05) is 0 Å². The predicted octanol–water partition coefficient (Wildman–Crippen LogP) is 4.35. The molecule has 2 atom stereocenters. The molecule has 4 nitrogen and oxygen atoms in total. The first-order valence-corrected chi connectivity index (χ1v) is 7.06. The third kappa shape index (κ3) is 3.22. The highest BCUT2D eigenvalue weighted by molar-refractivity contribution is 9.10. The zero-order chi connectivity index (χ0) is 13.1. The molecule has 5 heteroatoms. The maximum Gasteiger partial charge on any atom is 0.271 e. The maximum atomic E-state index is 10.8. The van der Waals surface area contributed by atoms with Crippen molar-refractivity contribution in [2.24, 2.45) is 5.92 Å². The predicted molar refractivity (Wildman–Crippen MR) is 75.8 cm³/mol. The van der Waals surface area contributed by atoms with Crippen LogP contribution in [0.15, 0.2) is 22.7 Å². The Morgan fingerprint density at radius 1 is 1.44 bits per heavy atom. The highest BCUT2D eigenvalue weighted by atomic mass is 79.9. The van der Waals surface area contributed by atoms with E-state index in [0.717, 1.165) is 28.9 Å². The van der Waals surface area contributed by atoms with Gasteiger partial charge in [0.15, 0.2) is 0 Å². The van der Waals surface area contributed by atoms with Crippen LogP contribution in [0.3, 0.4) is 0 Å². The average Bonchev–Trinajstić information content (AvgIpc) is 2.31. The number of hydrogen-bond acceptors (Lipinski definition) is 3. The second-order valence-corrected chi connectivity index (χ2v) is 5.89. The molecule has 1 fully saturated rings. The van der Waals surface area contributed by atoms with Crippen molar-refractivity contribution < 1.29 is 4.92 Å². The first-order valence-electron chi connectivity index (χ1n) is 6.26. The van der Waals surface area contributed by atoms with Crippen LogP contribution in [0.5, 0.6) is 0 Å². The van der Waals surface area contributed by atoms with Crippen LogP contribution in [-0.2, 0) is 0 Å². The fourth-order valence-electron chi connectivity index (χ4n) is 2.52. The summed E-state index contributed by atoms with van der Waals surface area (Å²) in [4.78, 5) is 10.4.